The van der Waals surface area contributed by atoms with Gasteiger partial charge in [-0.2, -0.15) is 0 Å². The van der Waals surface area contributed by atoms with Gasteiger partial charge in [0.2, 0.25) is 11.8 Å². The first kappa shape index (κ1) is 21.2. The van der Waals surface area contributed by atoms with Gasteiger partial charge in [0.05, 0.1) is 18.0 Å². The summed E-state index contributed by atoms with van der Waals surface area (Å²) in [5.41, 5.74) is 1.05. The molecule has 2 fully saturated rings. The fourth-order valence-corrected chi connectivity index (χ4v) is 5.45. The normalized spacial score (nSPS) is 22.5. The quantitative estimate of drug-likeness (QED) is 0.684. The van der Waals surface area contributed by atoms with Crippen molar-refractivity contribution in [2.75, 3.05) is 31.9 Å². The Kier molecular flexibility index (Phi) is 6.68. The van der Waals surface area contributed by atoms with Gasteiger partial charge >= 0.3 is 0 Å². The Morgan fingerprint density at radius 1 is 1.00 bits per heavy atom. The third-order valence-corrected chi connectivity index (χ3v) is 6.92. The molecule has 0 aliphatic carbocycles. The molecule has 6 nitrogen and oxygen atoms in total. The van der Waals surface area contributed by atoms with E-state index < -0.39 is 0 Å². The molecule has 1 aromatic carbocycles. The lowest BCUT2D eigenvalue weighted by atomic mass is 10.1. The van der Waals surface area contributed by atoms with Gasteiger partial charge < -0.3 is 19.1 Å². The average molecular weight is 430 g/mol. The standard InChI is InChI=1S/C23H31N3O3S/c1-17-12-26(13-18(2)29-17)23(28)16-30-21-14-25(20-9-5-4-8-19(20)21)15-22(27)24-10-6-3-7-11-24/h4-5,8-9,14,17-18H,3,6-7,10-13,15-16H2,1-2H3/t17-,18-/m1/s1. The molecule has 1 aromatic heterocycles. The second kappa shape index (κ2) is 9.43. The summed E-state index contributed by atoms with van der Waals surface area (Å²) in [6, 6.07) is 8.13. The zero-order valence-electron chi connectivity index (χ0n) is 17.9. The zero-order valence-corrected chi connectivity index (χ0v) is 18.7. The van der Waals surface area contributed by atoms with Gasteiger partial charge in [0.15, 0.2) is 0 Å². The summed E-state index contributed by atoms with van der Waals surface area (Å²) < 4.78 is 7.78. The molecular formula is C23H31N3O3S. The first-order valence-electron chi connectivity index (χ1n) is 10.9. The maximum Gasteiger partial charge on any atom is 0.242 e. The summed E-state index contributed by atoms with van der Waals surface area (Å²) in [4.78, 5) is 30.5. The Hall–Kier alpha value is -1.99. The molecule has 0 saturated carbocycles. The third-order valence-electron chi connectivity index (χ3n) is 5.89. The van der Waals surface area contributed by atoms with E-state index in [4.69, 9.17) is 4.74 Å². The third kappa shape index (κ3) is 4.83. The molecule has 0 bridgehead atoms. The number of fused-ring (bicyclic) bond motifs is 1. The molecule has 4 rings (SSSR count). The first-order valence-corrected chi connectivity index (χ1v) is 11.9. The van der Waals surface area contributed by atoms with Crippen LogP contribution in [0.2, 0.25) is 0 Å². The maximum atomic E-state index is 12.8. The summed E-state index contributed by atoms with van der Waals surface area (Å²) in [6.45, 7) is 7.40. The van der Waals surface area contributed by atoms with Gasteiger partial charge in [-0.05, 0) is 39.2 Å². The van der Waals surface area contributed by atoms with Crippen LogP contribution in [0.5, 0.6) is 0 Å². The van der Waals surface area contributed by atoms with Crippen LogP contribution in [0.1, 0.15) is 33.1 Å². The molecule has 2 aliphatic heterocycles. The van der Waals surface area contributed by atoms with E-state index in [0.29, 0.717) is 25.4 Å². The number of rotatable bonds is 5. The van der Waals surface area contributed by atoms with Crippen molar-refractivity contribution in [2.45, 2.75) is 56.8 Å². The summed E-state index contributed by atoms with van der Waals surface area (Å²) in [7, 11) is 0. The Bertz CT molecular complexity index is 896. The number of morpholine rings is 1. The number of hydrogen-bond donors (Lipinski definition) is 0. The molecule has 0 N–H and O–H groups in total. The smallest absolute Gasteiger partial charge is 0.242 e. The van der Waals surface area contributed by atoms with Crippen LogP contribution in [-0.4, -0.2) is 70.3 Å². The second-order valence-corrected chi connectivity index (χ2v) is 9.44. The van der Waals surface area contributed by atoms with E-state index in [1.54, 1.807) is 11.8 Å². The second-order valence-electron chi connectivity index (χ2n) is 8.42. The molecule has 2 aliphatic rings. The lowest BCUT2D eigenvalue weighted by molar-refractivity contribution is -0.140. The molecule has 7 heteroatoms. The highest BCUT2D eigenvalue weighted by atomic mass is 32.2. The topological polar surface area (TPSA) is 54.8 Å². The van der Waals surface area contributed by atoms with E-state index in [2.05, 4.69) is 12.1 Å². The van der Waals surface area contributed by atoms with Gasteiger partial charge in [0.1, 0.15) is 6.54 Å². The first-order chi connectivity index (χ1) is 14.5. The lowest BCUT2D eigenvalue weighted by Gasteiger charge is -2.35. The van der Waals surface area contributed by atoms with Crippen LogP contribution in [0.25, 0.3) is 10.9 Å². The van der Waals surface area contributed by atoms with Crippen LogP contribution < -0.4 is 0 Å². The van der Waals surface area contributed by atoms with Gasteiger partial charge in [0.25, 0.3) is 0 Å². The highest BCUT2D eigenvalue weighted by molar-refractivity contribution is 8.00. The summed E-state index contributed by atoms with van der Waals surface area (Å²) in [5, 5.41) is 1.10. The van der Waals surface area contributed by atoms with Crippen LogP contribution >= 0.6 is 11.8 Å². The Morgan fingerprint density at radius 2 is 1.70 bits per heavy atom. The highest BCUT2D eigenvalue weighted by Gasteiger charge is 2.26. The largest absolute Gasteiger partial charge is 0.372 e. The SMILES string of the molecule is C[C@@H]1CN(C(=O)CSc2cn(CC(=O)N3CCCCC3)c3ccccc23)C[C@@H](C)O1. The van der Waals surface area contributed by atoms with Crippen molar-refractivity contribution in [3.63, 3.8) is 0 Å². The fourth-order valence-electron chi connectivity index (χ4n) is 4.46. The number of hydrogen-bond acceptors (Lipinski definition) is 4. The number of carbonyl (C=O) groups is 2. The molecule has 2 atom stereocenters. The number of nitrogens with zero attached hydrogens (tertiary/aromatic N) is 3. The van der Waals surface area contributed by atoms with Crippen molar-refractivity contribution in [1.82, 2.24) is 14.4 Å². The van der Waals surface area contributed by atoms with Crippen molar-refractivity contribution < 1.29 is 14.3 Å². The average Bonchev–Trinajstić information content (AvgIpc) is 3.09. The number of para-hydroxylation sites is 1. The Balaban J connectivity index is 1.45. The zero-order chi connectivity index (χ0) is 21.1. The maximum absolute atomic E-state index is 12.8. The Morgan fingerprint density at radius 3 is 2.43 bits per heavy atom. The fraction of sp³-hybridized carbons (Fsp3) is 0.565. The van der Waals surface area contributed by atoms with Crippen molar-refractivity contribution in [3.8, 4) is 0 Å². The number of carbonyl (C=O) groups excluding carboxylic acids is 2. The minimum absolute atomic E-state index is 0.0745. The van der Waals surface area contributed by atoms with Gasteiger partial charge in [-0.15, -0.1) is 11.8 Å². The molecule has 162 valence electrons. The highest BCUT2D eigenvalue weighted by Crippen LogP contribution is 2.30. The molecular weight excluding hydrogens is 398 g/mol. The van der Waals surface area contributed by atoms with Crippen molar-refractivity contribution >= 4 is 34.5 Å². The minimum Gasteiger partial charge on any atom is -0.372 e. The van der Waals surface area contributed by atoms with E-state index in [0.717, 1.165) is 41.7 Å². The van der Waals surface area contributed by atoms with E-state index in [1.807, 2.05) is 46.5 Å². The van der Waals surface area contributed by atoms with Crippen molar-refractivity contribution in [2.24, 2.45) is 0 Å². The molecule has 2 saturated heterocycles. The monoisotopic (exact) mass is 429 g/mol. The van der Waals surface area contributed by atoms with Crippen molar-refractivity contribution in [3.05, 3.63) is 30.5 Å². The number of aromatic nitrogens is 1. The molecule has 30 heavy (non-hydrogen) atoms. The van der Waals surface area contributed by atoms with Crippen LogP contribution in [-0.2, 0) is 20.9 Å². The summed E-state index contributed by atoms with van der Waals surface area (Å²) >= 11 is 1.56. The van der Waals surface area contributed by atoms with E-state index in [1.165, 1.54) is 6.42 Å². The van der Waals surface area contributed by atoms with Gasteiger partial charge in [-0.25, -0.2) is 0 Å². The molecule has 0 radical (unpaired) electrons. The number of benzene rings is 1. The van der Waals surface area contributed by atoms with Crippen LogP contribution in [0.3, 0.4) is 0 Å². The number of piperidine rings is 1. The van der Waals surface area contributed by atoms with Crippen molar-refractivity contribution in [1.29, 1.82) is 0 Å². The predicted molar refractivity (Wildman–Crippen MR) is 120 cm³/mol. The van der Waals surface area contributed by atoms with Crippen LogP contribution in [0.15, 0.2) is 35.4 Å². The Labute approximate surface area is 182 Å². The van der Waals surface area contributed by atoms with E-state index in [9.17, 15) is 9.59 Å². The molecule has 0 spiro atoms. The molecule has 2 amide bonds. The molecule has 2 aromatic rings. The van der Waals surface area contributed by atoms with Gasteiger partial charge in [-0.3, -0.25) is 9.59 Å². The van der Waals surface area contributed by atoms with Crippen LogP contribution in [0, 0.1) is 0 Å². The van der Waals surface area contributed by atoms with E-state index >= 15 is 0 Å². The molecule has 0 unspecified atom stereocenters. The summed E-state index contributed by atoms with van der Waals surface area (Å²) in [6.07, 6.45) is 5.59. The summed E-state index contributed by atoms with van der Waals surface area (Å²) in [5.74, 6) is 0.718. The molecule has 3 heterocycles. The number of ether oxygens (including phenoxy) is 1. The number of likely N-dealkylation sites (tertiary alicyclic amines) is 1. The lowest BCUT2D eigenvalue weighted by Crippen LogP contribution is -2.48. The number of thioether (sulfide) groups is 1. The van der Waals surface area contributed by atoms with Gasteiger partial charge in [-0.1, -0.05) is 18.2 Å². The number of amides is 2. The van der Waals surface area contributed by atoms with E-state index in [-0.39, 0.29) is 24.0 Å². The van der Waals surface area contributed by atoms with Crippen LogP contribution in [0.4, 0.5) is 0 Å². The van der Waals surface area contributed by atoms with Gasteiger partial charge in [0, 0.05) is 48.2 Å². The minimum atomic E-state index is 0.0745. The predicted octanol–water partition coefficient (Wildman–Crippen LogP) is 3.38.